The molecule has 0 saturated carbocycles. The van der Waals surface area contributed by atoms with Gasteiger partial charge < -0.3 is 9.30 Å². The Hall–Kier alpha value is -1.87. The minimum Gasteiger partial charge on any atom is -0.380 e. The molecule has 1 aromatic heterocycles. The van der Waals surface area contributed by atoms with Crippen molar-refractivity contribution in [3.8, 4) is 0 Å². The van der Waals surface area contributed by atoms with Crippen LogP contribution in [-0.4, -0.2) is 23.7 Å². The molecule has 1 amide bonds. The fraction of sp³-hybridized carbons (Fsp3) is 0.263. The van der Waals surface area contributed by atoms with Gasteiger partial charge in [0.05, 0.1) is 27.4 Å². The molecule has 4 nitrogen and oxygen atoms in total. The molecule has 0 aliphatic rings. The van der Waals surface area contributed by atoms with Gasteiger partial charge in [-0.05, 0) is 37.3 Å². The summed E-state index contributed by atoms with van der Waals surface area (Å²) in [5, 5.41) is 0.810. The Balaban J connectivity index is 2.10. The number of rotatable bonds is 5. The molecule has 2 aromatic carbocycles. The summed E-state index contributed by atoms with van der Waals surface area (Å²) in [5.41, 5.74) is -0.428. The summed E-state index contributed by atoms with van der Waals surface area (Å²) in [6, 6.07) is 7.43. The van der Waals surface area contributed by atoms with E-state index in [0.29, 0.717) is 44.8 Å². The minimum atomic E-state index is -4.55. The molecule has 0 bridgehead atoms. The van der Waals surface area contributed by atoms with Crippen molar-refractivity contribution in [2.24, 2.45) is 4.99 Å². The monoisotopic (exact) mass is 462 g/mol. The van der Waals surface area contributed by atoms with Gasteiger partial charge in [-0.15, -0.1) is 0 Å². The standard InChI is InChI=1S/C19H15Cl2F3N2O2S/c1-2-28-7-6-26-16-14(21)9-13(20)10-15(16)29-18(26)25-17(27)11-4-3-5-12(8-11)19(22,23)24/h3-5,8-10H,2,6-7H2,1H3. The van der Waals surface area contributed by atoms with E-state index in [-0.39, 0.29) is 5.56 Å². The molecule has 10 heteroatoms. The van der Waals surface area contributed by atoms with Gasteiger partial charge in [-0.3, -0.25) is 4.79 Å². The Bertz CT molecular complexity index is 1120. The van der Waals surface area contributed by atoms with Crippen LogP contribution < -0.4 is 4.80 Å². The van der Waals surface area contributed by atoms with E-state index in [1.54, 1.807) is 16.7 Å². The molecule has 0 N–H and O–H groups in total. The number of carbonyl (C=O) groups excluding carboxylic acids is 1. The first-order valence-electron chi connectivity index (χ1n) is 8.53. The fourth-order valence-electron chi connectivity index (χ4n) is 2.70. The number of thiazole rings is 1. The van der Waals surface area contributed by atoms with Crippen LogP contribution in [0.5, 0.6) is 0 Å². The average Bonchev–Trinajstić information content (AvgIpc) is 2.98. The topological polar surface area (TPSA) is 43.6 Å². The van der Waals surface area contributed by atoms with Crippen LogP contribution in [0.3, 0.4) is 0 Å². The maximum absolute atomic E-state index is 12.9. The summed E-state index contributed by atoms with van der Waals surface area (Å²) in [6.07, 6.45) is -4.55. The predicted octanol–water partition coefficient (Wildman–Crippen LogP) is 5.81. The van der Waals surface area contributed by atoms with Crippen molar-refractivity contribution in [2.75, 3.05) is 13.2 Å². The van der Waals surface area contributed by atoms with E-state index in [9.17, 15) is 18.0 Å². The van der Waals surface area contributed by atoms with Crippen LogP contribution in [0, 0.1) is 0 Å². The van der Waals surface area contributed by atoms with Gasteiger partial charge in [0.25, 0.3) is 5.91 Å². The van der Waals surface area contributed by atoms with E-state index in [4.69, 9.17) is 27.9 Å². The largest absolute Gasteiger partial charge is 0.416 e. The number of nitrogens with zero attached hydrogens (tertiary/aromatic N) is 2. The molecular formula is C19H15Cl2F3N2O2S. The van der Waals surface area contributed by atoms with E-state index in [0.717, 1.165) is 12.1 Å². The molecule has 0 saturated heterocycles. The van der Waals surface area contributed by atoms with Gasteiger partial charge in [-0.25, -0.2) is 0 Å². The molecule has 3 rings (SSSR count). The molecule has 0 atom stereocenters. The van der Waals surface area contributed by atoms with Crippen molar-refractivity contribution in [2.45, 2.75) is 19.6 Å². The van der Waals surface area contributed by atoms with Crippen LogP contribution in [0.2, 0.25) is 10.0 Å². The van der Waals surface area contributed by atoms with Gasteiger partial charge in [-0.1, -0.05) is 40.6 Å². The Morgan fingerprint density at radius 3 is 2.69 bits per heavy atom. The van der Waals surface area contributed by atoms with Gasteiger partial charge >= 0.3 is 6.18 Å². The Morgan fingerprint density at radius 1 is 1.24 bits per heavy atom. The lowest BCUT2D eigenvalue weighted by Crippen LogP contribution is -2.20. The minimum absolute atomic E-state index is 0.155. The lowest BCUT2D eigenvalue weighted by Gasteiger charge is -2.08. The summed E-state index contributed by atoms with van der Waals surface area (Å²) in [6.45, 7) is 3.08. The number of alkyl halides is 3. The van der Waals surface area contributed by atoms with Crippen molar-refractivity contribution >= 4 is 50.7 Å². The van der Waals surface area contributed by atoms with E-state index in [1.165, 1.54) is 23.5 Å². The molecule has 1 heterocycles. The summed E-state index contributed by atoms with van der Waals surface area (Å²) < 4.78 is 46.6. The smallest absolute Gasteiger partial charge is 0.380 e. The third kappa shape index (κ3) is 5.01. The fourth-order valence-corrected chi connectivity index (χ4v) is 4.54. The number of halogens is 5. The van der Waals surface area contributed by atoms with Gasteiger partial charge in [0.2, 0.25) is 0 Å². The van der Waals surface area contributed by atoms with Gasteiger partial charge in [-0.2, -0.15) is 18.2 Å². The zero-order valence-corrected chi connectivity index (χ0v) is 17.4. The lowest BCUT2D eigenvalue weighted by molar-refractivity contribution is -0.137. The first kappa shape index (κ1) is 21.8. The summed E-state index contributed by atoms with van der Waals surface area (Å²) >= 11 is 13.6. The number of benzene rings is 2. The van der Waals surface area contributed by atoms with Gasteiger partial charge in [0.1, 0.15) is 0 Å². The van der Waals surface area contributed by atoms with E-state index < -0.39 is 17.6 Å². The van der Waals surface area contributed by atoms with Crippen LogP contribution >= 0.6 is 34.5 Å². The van der Waals surface area contributed by atoms with Gasteiger partial charge in [0, 0.05) is 23.7 Å². The van der Waals surface area contributed by atoms with E-state index >= 15 is 0 Å². The maximum atomic E-state index is 12.9. The SMILES string of the molecule is CCOCCn1c(=NC(=O)c2cccc(C(F)(F)F)c2)sc2cc(Cl)cc(Cl)c21. The van der Waals surface area contributed by atoms with Crippen molar-refractivity contribution in [3.63, 3.8) is 0 Å². The van der Waals surface area contributed by atoms with Crippen LogP contribution in [0.1, 0.15) is 22.8 Å². The average molecular weight is 463 g/mol. The zero-order valence-electron chi connectivity index (χ0n) is 15.1. The molecular weight excluding hydrogens is 448 g/mol. The highest BCUT2D eigenvalue weighted by atomic mass is 35.5. The number of aromatic nitrogens is 1. The zero-order chi connectivity index (χ0) is 21.2. The number of fused-ring (bicyclic) bond motifs is 1. The highest BCUT2D eigenvalue weighted by Crippen LogP contribution is 2.31. The first-order chi connectivity index (χ1) is 13.7. The number of hydrogen-bond donors (Lipinski definition) is 0. The summed E-state index contributed by atoms with van der Waals surface area (Å²) in [7, 11) is 0. The van der Waals surface area contributed by atoms with Crippen molar-refractivity contribution in [1.29, 1.82) is 0 Å². The van der Waals surface area contributed by atoms with Crippen molar-refractivity contribution < 1.29 is 22.7 Å². The Morgan fingerprint density at radius 2 is 2.00 bits per heavy atom. The molecule has 0 radical (unpaired) electrons. The Labute approximate surface area is 178 Å². The third-order valence-corrected chi connectivity index (χ3v) is 5.52. The maximum Gasteiger partial charge on any atom is 0.416 e. The second-order valence-corrected chi connectivity index (χ2v) is 7.82. The molecule has 0 fully saturated rings. The molecule has 29 heavy (non-hydrogen) atoms. The molecule has 3 aromatic rings. The second kappa shape index (κ2) is 8.87. The highest BCUT2D eigenvalue weighted by molar-refractivity contribution is 7.16. The van der Waals surface area contributed by atoms with Crippen molar-refractivity contribution in [3.05, 3.63) is 62.4 Å². The third-order valence-electron chi connectivity index (χ3n) is 3.99. The number of amides is 1. The van der Waals surface area contributed by atoms with Gasteiger partial charge in [0.15, 0.2) is 4.80 Å². The van der Waals surface area contributed by atoms with E-state index in [2.05, 4.69) is 4.99 Å². The number of hydrogen-bond acceptors (Lipinski definition) is 3. The molecule has 0 unspecified atom stereocenters. The molecule has 154 valence electrons. The van der Waals surface area contributed by atoms with Crippen molar-refractivity contribution in [1.82, 2.24) is 4.57 Å². The number of ether oxygens (including phenoxy) is 1. The Kier molecular flexibility index (Phi) is 6.68. The van der Waals surface area contributed by atoms with E-state index in [1.807, 2.05) is 6.92 Å². The van der Waals surface area contributed by atoms with Crippen LogP contribution in [-0.2, 0) is 17.5 Å². The highest BCUT2D eigenvalue weighted by Gasteiger charge is 2.30. The second-order valence-electron chi connectivity index (χ2n) is 5.96. The normalized spacial score (nSPS) is 12.7. The molecule has 0 aliphatic heterocycles. The quantitative estimate of drug-likeness (QED) is 0.449. The van der Waals surface area contributed by atoms with Crippen LogP contribution in [0.25, 0.3) is 10.2 Å². The van der Waals surface area contributed by atoms with Crippen LogP contribution in [0.15, 0.2) is 41.4 Å². The predicted molar refractivity (Wildman–Crippen MR) is 108 cm³/mol. The molecule has 0 aliphatic carbocycles. The summed E-state index contributed by atoms with van der Waals surface area (Å²) in [4.78, 5) is 16.9. The number of carbonyl (C=O) groups is 1. The van der Waals surface area contributed by atoms with Crippen LogP contribution in [0.4, 0.5) is 13.2 Å². The molecule has 0 spiro atoms. The first-order valence-corrected chi connectivity index (χ1v) is 10.1. The lowest BCUT2D eigenvalue weighted by atomic mass is 10.1. The summed E-state index contributed by atoms with van der Waals surface area (Å²) in [5.74, 6) is -0.782.